The van der Waals surface area contributed by atoms with Gasteiger partial charge in [-0.2, -0.15) is 0 Å². The summed E-state index contributed by atoms with van der Waals surface area (Å²) in [6.45, 7) is 11.6. The smallest absolute Gasteiger partial charge is 0.0982 e. The average Bonchev–Trinajstić information content (AvgIpc) is 2.88. The summed E-state index contributed by atoms with van der Waals surface area (Å²) in [6, 6.07) is 0. The van der Waals surface area contributed by atoms with Crippen molar-refractivity contribution >= 4 is 11.3 Å². The highest BCUT2D eigenvalue weighted by molar-refractivity contribution is 7.09. The minimum absolute atomic E-state index is 0.163. The first-order valence-electron chi connectivity index (χ1n) is 6.74. The normalized spacial score (nSPS) is 24.7. The van der Waals surface area contributed by atoms with E-state index in [2.05, 4.69) is 43.4 Å². The molecule has 1 aliphatic heterocycles. The first-order chi connectivity index (χ1) is 8.47. The molecule has 0 radical (unpaired) electrons. The second-order valence-corrected chi connectivity index (χ2v) is 7.01. The summed E-state index contributed by atoms with van der Waals surface area (Å²) < 4.78 is 5.56. The van der Waals surface area contributed by atoms with Crippen LogP contribution in [0.25, 0.3) is 0 Å². The summed E-state index contributed by atoms with van der Waals surface area (Å²) in [7, 11) is 0. The number of nitrogens with zero attached hydrogens (tertiary/aromatic N) is 1. The third kappa shape index (κ3) is 3.53. The molecule has 102 valence electrons. The van der Waals surface area contributed by atoms with E-state index in [1.54, 1.807) is 11.3 Å². The van der Waals surface area contributed by atoms with Crippen LogP contribution in [0, 0.1) is 5.92 Å². The van der Waals surface area contributed by atoms with Gasteiger partial charge in [0.15, 0.2) is 0 Å². The van der Waals surface area contributed by atoms with Gasteiger partial charge in [-0.1, -0.05) is 20.8 Å². The number of rotatable bonds is 4. The van der Waals surface area contributed by atoms with Gasteiger partial charge in [0.25, 0.3) is 0 Å². The first kappa shape index (κ1) is 14.0. The highest BCUT2D eigenvalue weighted by atomic mass is 32.1. The molecule has 1 aliphatic rings. The number of nitrogens with one attached hydrogen (secondary N) is 1. The molecule has 2 atom stereocenters. The number of aromatic nitrogens is 1. The van der Waals surface area contributed by atoms with Crippen LogP contribution in [0.3, 0.4) is 0 Å². The molecule has 2 unspecified atom stereocenters. The molecule has 4 heteroatoms. The molecule has 0 amide bonds. The Morgan fingerprint density at radius 2 is 2.28 bits per heavy atom. The summed E-state index contributed by atoms with van der Waals surface area (Å²) in [4.78, 5) is 4.69. The van der Waals surface area contributed by atoms with Crippen molar-refractivity contribution < 1.29 is 4.74 Å². The third-order valence-electron chi connectivity index (χ3n) is 3.44. The Bertz CT molecular complexity index is 383. The molecule has 3 nitrogen and oxygen atoms in total. The average molecular weight is 268 g/mol. The Morgan fingerprint density at radius 3 is 2.83 bits per heavy atom. The van der Waals surface area contributed by atoms with Gasteiger partial charge in [0, 0.05) is 30.5 Å². The number of hydrogen-bond donors (Lipinski definition) is 1. The van der Waals surface area contributed by atoms with Gasteiger partial charge in [-0.3, -0.25) is 0 Å². The Labute approximate surface area is 114 Å². The Morgan fingerprint density at radius 1 is 1.50 bits per heavy atom. The van der Waals surface area contributed by atoms with E-state index < -0.39 is 0 Å². The van der Waals surface area contributed by atoms with Crippen LogP contribution >= 0.6 is 11.3 Å². The van der Waals surface area contributed by atoms with Crippen molar-refractivity contribution in [3.05, 3.63) is 16.1 Å². The van der Waals surface area contributed by atoms with Crippen molar-refractivity contribution in [2.45, 2.75) is 52.2 Å². The van der Waals surface area contributed by atoms with Gasteiger partial charge in [0.05, 0.1) is 16.8 Å². The van der Waals surface area contributed by atoms with E-state index in [1.807, 2.05) is 0 Å². The third-order valence-corrected chi connectivity index (χ3v) is 4.76. The standard InChI is InChI=1S/C14H24N2OS/c1-10-11(5-6-17-10)7-15-8-12-9-18-13(16-12)14(2,3)4/h9-11,15H,5-8H2,1-4H3. The molecular weight excluding hydrogens is 244 g/mol. The van der Waals surface area contributed by atoms with E-state index in [0.717, 1.165) is 25.4 Å². The van der Waals surface area contributed by atoms with Crippen LogP contribution in [0.15, 0.2) is 5.38 Å². The minimum atomic E-state index is 0.163. The van der Waals surface area contributed by atoms with Crippen LogP contribution in [0.4, 0.5) is 0 Å². The quantitative estimate of drug-likeness (QED) is 0.911. The molecule has 0 spiro atoms. The van der Waals surface area contributed by atoms with Gasteiger partial charge in [0.1, 0.15) is 0 Å². The molecule has 1 saturated heterocycles. The lowest BCUT2D eigenvalue weighted by Gasteiger charge is -2.14. The highest BCUT2D eigenvalue weighted by Gasteiger charge is 2.23. The molecule has 0 aliphatic carbocycles. The lowest BCUT2D eigenvalue weighted by Crippen LogP contribution is -2.26. The molecule has 1 aromatic heterocycles. The maximum atomic E-state index is 5.56. The molecular formula is C14H24N2OS. The number of hydrogen-bond acceptors (Lipinski definition) is 4. The predicted molar refractivity (Wildman–Crippen MR) is 76.0 cm³/mol. The maximum Gasteiger partial charge on any atom is 0.0982 e. The van der Waals surface area contributed by atoms with Gasteiger partial charge < -0.3 is 10.1 Å². The summed E-state index contributed by atoms with van der Waals surface area (Å²) in [5, 5.41) is 6.89. The van der Waals surface area contributed by atoms with Crippen LogP contribution in [0.2, 0.25) is 0 Å². The molecule has 2 rings (SSSR count). The van der Waals surface area contributed by atoms with Crippen LogP contribution in [-0.4, -0.2) is 24.2 Å². The zero-order chi connectivity index (χ0) is 13.2. The molecule has 0 saturated carbocycles. The second-order valence-electron chi connectivity index (χ2n) is 6.15. The fourth-order valence-electron chi connectivity index (χ4n) is 2.16. The van der Waals surface area contributed by atoms with Gasteiger partial charge in [-0.15, -0.1) is 11.3 Å². The highest BCUT2D eigenvalue weighted by Crippen LogP contribution is 2.25. The largest absolute Gasteiger partial charge is 0.378 e. The Balaban J connectivity index is 1.78. The zero-order valence-electron chi connectivity index (χ0n) is 11.8. The van der Waals surface area contributed by atoms with Crippen LogP contribution < -0.4 is 5.32 Å². The van der Waals surface area contributed by atoms with Crippen molar-refractivity contribution in [3.8, 4) is 0 Å². The van der Waals surface area contributed by atoms with Gasteiger partial charge in [0.2, 0.25) is 0 Å². The monoisotopic (exact) mass is 268 g/mol. The van der Waals surface area contributed by atoms with E-state index in [4.69, 9.17) is 4.74 Å². The van der Waals surface area contributed by atoms with Gasteiger partial charge in [-0.25, -0.2) is 4.98 Å². The molecule has 0 aromatic carbocycles. The van der Waals surface area contributed by atoms with Crippen molar-refractivity contribution in [2.24, 2.45) is 5.92 Å². The van der Waals surface area contributed by atoms with E-state index in [0.29, 0.717) is 12.0 Å². The van der Waals surface area contributed by atoms with Crippen LogP contribution in [0.5, 0.6) is 0 Å². The summed E-state index contributed by atoms with van der Waals surface area (Å²) in [6.07, 6.45) is 1.58. The van der Waals surface area contributed by atoms with Gasteiger partial charge in [-0.05, 0) is 19.3 Å². The van der Waals surface area contributed by atoms with E-state index in [1.165, 1.54) is 11.4 Å². The SMILES string of the molecule is CC1OCCC1CNCc1csc(C(C)(C)C)n1. The lowest BCUT2D eigenvalue weighted by atomic mass is 9.98. The van der Waals surface area contributed by atoms with Crippen LogP contribution in [-0.2, 0) is 16.7 Å². The topological polar surface area (TPSA) is 34.1 Å². The lowest BCUT2D eigenvalue weighted by molar-refractivity contribution is 0.105. The fourth-order valence-corrected chi connectivity index (χ4v) is 3.07. The Kier molecular flexibility index (Phi) is 4.41. The number of ether oxygens (including phenoxy) is 1. The van der Waals surface area contributed by atoms with Crippen molar-refractivity contribution in [1.29, 1.82) is 0 Å². The molecule has 0 bridgehead atoms. The first-order valence-corrected chi connectivity index (χ1v) is 7.62. The maximum absolute atomic E-state index is 5.56. The van der Waals surface area contributed by atoms with E-state index in [9.17, 15) is 0 Å². The molecule has 1 N–H and O–H groups in total. The van der Waals surface area contributed by atoms with Gasteiger partial charge >= 0.3 is 0 Å². The van der Waals surface area contributed by atoms with E-state index in [-0.39, 0.29) is 5.41 Å². The van der Waals surface area contributed by atoms with Crippen molar-refractivity contribution in [1.82, 2.24) is 10.3 Å². The molecule has 2 heterocycles. The van der Waals surface area contributed by atoms with Crippen molar-refractivity contribution in [2.75, 3.05) is 13.2 Å². The molecule has 18 heavy (non-hydrogen) atoms. The van der Waals surface area contributed by atoms with Crippen LogP contribution in [0.1, 0.15) is 44.8 Å². The molecule has 1 aromatic rings. The minimum Gasteiger partial charge on any atom is -0.378 e. The van der Waals surface area contributed by atoms with Crippen molar-refractivity contribution in [3.63, 3.8) is 0 Å². The Hall–Kier alpha value is -0.450. The fraction of sp³-hybridized carbons (Fsp3) is 0.786. The second kappa shape index (κ2) is 5.68. The zero-order valence-corrected chi connectivity index (χ0v) is 12.6. The summed E-state index contributed by atoms with van der Waals surface area (Å²) in [5.74, 6) is 0.658. The predicted octanol–water partition coefficient (Wildman–Crippen LogP) is 2.96. The van der Waals surface area contributed by atoms with E-state index >= 15 is 0 Å². The number of thiazole rings is 1. The summed E-state index contributed by atoms with van der Waals surface area (Å²) >= 11 is 1.76. The summed E-state index contributed by atoms with van der Waals surface area (Å²) in [5.41, 5.74) is 1.33. The molecule has 1 fully saturated rings.